The predicted molar refractivity (Wildman–Crippen MR) is 110 cm³/mol. The number of carbonyl (C=O) groups excluding carboxylic acids is 4. The first-order chi connectivity index (χ1) is 14.1. The summed E-state index contributed by atoms with van der Waals surface area (Å²) in [5.41, 5.74) is -0.759. The first-order valence-electron chi connectivity index (χ1n) is 10.2. The number of Topliss-reactive ketones (excluding diaryl/α,β-unsaturated/α-hetero) is 1. The summed E-state index contributed by atoms with van der Waals surface area (Å²) in [5.74, 6) is -0.267. The van der Waals surface area contributed by atoms with Gasteiger partial charge in [0.1, 0.15) is 11.4 Å². The number of carbonyl (C=O) groups is 4. The first-order valence-corrected chi connectivity index (χ1v) is 10.2. The summed E-state index contributed by atoms with van der Waals surface area (Å²) < 4.78 is 6.25. The lowest BCUT2D eigenvalue weighted by Gasteiger charge is -2.32. The van der Waals surface area contributed by atoms with Gasteiger partial charge < -0.3 is 20.3 Å². The van der Waals surface area contributed by atoms with Crippen LogP contribution in [0.1, 0.15) is 50.4 Å². The summed E-state index contributed by atoms with van der Waals surface area (Å²) >= 11 is 0. The fourth-order valence-electron chi connectivity index (χ4n) is 3.55. The van der Waals surface area contributed by atoms with Gasteiger partial charge in [-0.3, -0.25) is 19.2 Å². The van der Waals surface area contributed by atoms with Crippen molar-refractivity contribution in [2.24, 2.45) is 5.41 Å². The van der Waals surface area contributed by atoms with Crippen LogP contribution >= 0.6 is 0 Å². The number of likely N-dealkylation sites (tertiary alicyclic amines) is 1. The Labute approximate surface area is 176 Å². The fraction of sp³-hybridized carbons (Fsp3) is 0.545. The molecule has 8 nitrogen and oxygen atoms in total. The van der Waals surface area contributed by atoms with Gasteiger partial charge in [0, 0.05) is 24.8 Å². The average Bonchev–Trinajstić information content (AvgIpc) is 2.93. The van der Waals surface area contributed by atoms with Crippen LogP contribution in [0.5, 0.6) is 5.75 Å². The van der Waals surface area contributed by atoms with Gasteiger partial charge in [-0.05, 0) is 18.6 Å². The van der Waals surface area contributed by atoms with Gasteiger partial charge in [-0.15, -0.1) is 0 Å². The molecule has 3 rings (SSSR count). The zero-order valence-electron chi connectivity index (χ0n) is 17.7. The van der Waals surface area contributed by atoms with Gasteiger partial charge in [0.25, 0.3) is 5.91 Å². The number of para-hydroxylation sites is 1. The Morgan fingerprint density at radius 1 is 1.20 bits per heavy atom. The highest BCUT2D eigenvalue weighted by Crippen LogP contribution is 2.33. The second kappa shape index (κ2) is 8.45. The monoisotopic (exact) mass is 415 g/mol. The van der Waals surface area contributed by atoms with Gasteiger partial charge in [0.05, 0.1) is 25.2 Å². The van der Waals surface area contributed by atoms with Gasteiger partial charge in [-0.25, -0.2) is 0 Å². The molecule has 2 aliphatic heterocycles. The van der Waals surface area contributed by atoms with E-state index in [2.05, 4.69) is 10.6 Å². The SMILES string of the molecule is CC(C)(C)C(=O)CNC(=O)CN1CCC2(CCC1=O)CNC(=O)c1ccccc1O2. The molecule has 0 bridgehead atoms. The summed E-state index contributed by atoms with van der Waals surface area (Å²) in [4.78, 5) is 50.7. The maximum atomic E-state index is 12.6. The highest BCUT2D eigenvalue weighted by atomic mass is 16.5. The van der Waals surface area contributed by atoms with Gasteiger partial charge in [0.2, 0.25) is 11.8 Å². The molecule has 1 aromatic carbocycles. The summed E-state index contributed by atoms with van der Waals surface area (Å²) in [6.45, 7) is 5.86. The molecular weight excluding hydrogens is 386 g/mol. The molecule has 162 valence electrons. The minimum Gasteiger partial charge on any atom is -0.485 e. The van der Waals surface area contributed by atoms with Crippen LogP contribution in [-0.2, 0) is 14.4 Å². The smallest absolute Gasteiger partial charge is 0.255 e. The Balaban J connectivity index is 1.63. The number of rotatable bonds is 4. The Morgan fingerprint density at radius 3 is 2.67 bits per heavy atom. The van der Waals surface area contributed by atoms with Crippen LogP contribution in [0.15, 0.2) is 24.3 Å². The predicted octanol–water partition coefficient (Wildman–Crippen LogP) is 1.29. The van der Waals surface area contributed by atoms with Crippen LogP contribution in [-0.4, -0.2) is 60.2 Å². The van der Waals surface area contributed by atoms with E-state index in [0.717, 1.165) is 0 Å². The molecule has 1 spiro atoms. The lowest BCUT2D eigenvalue weighted by molar-refractivity contribution is -0.136. The van der Waals surface area contributed by atoms with Crippen LogP contribution in [0.3, 0.4) is 0 Å². The van der Waals surface area contributed by atoms with E-state index < -0.39 is 11.0 Å². The molecule has 30 heavy (non-hydrogen) atoms. The van der Waals surface area contributed by atoms with E-state index in [-0.39, 0.29) is 43.0 Å². The van der Waals surface area contributed by atoms with Crippen LogP contribution in [0.4, 0.5) is 0 Å². The van der Waals surface area contributed by atoms with Crippen molar-refractivity contribution in [3.05, 3.63) is 29.8 Å². The molecule has 1 fully saturated rings. The summed E-state index contributed by atoms with van der Waals surface area (Å²) in [6.07, 6.45) is 1.15. The quantitative estimate of drug-likeness (QED) is 0.771. The maximum Gasteiger partial charge on any atom is 0.255 e. The molecule has 2 heterocycles. The van der Waals surface area contributed by atoms with Crippen molar-refractivity contribution in [2.45, 2.75) is 45.6 Å². The van der Waals surface area contributed by atoms with E-state index >= 15 is 0 Å². The largest absolute Gasteiger partial charge is 0.485 e. The van der Waals surface area contributed by atoms with E-state index in [9.17, 15) is 19.2 Å². The van der Waals surface area contributed by atoms with E-state index in [1.807, 2.05) is 6.07 Å². The van der Waals surface area contributed by atoms with Crippen molar-refractivity contribution in [3.63, 3.8) is 0 Å². The third-order valence-electron chi connectivity index (χ3n) is 5.63. The van der Waals surface area contributed by atoms with Gasteiger partial charge >= 0.3 is 0 Å². The third kappa shape index (κ3) is 4.98. The van der Waals surface area contributed by atoms with Gasteiger partial charge in [-0.2, -0.15) is 0 Å². The highest BCUT2D eigenvalue weighted by molar-refractivity contribution is 5.97. The molecule has 2 aliphatic rings. The molecule has 1 aromatic rings. The van der Waals surface area contributed by atoms with Crippen molar-refractivity contribution in [2.75, 3.05) is 26.2 Å². The lowest BCUT2D eigenvalue weighted by Crippen LogP contribution is -2.46. The molecule has 3 amide bonds. The Hall–Kier alpha value is -2.90. The van der Waals surface area contributed by atoms with Crippen LogP contribution in [0, 0.1) is 5.41 Å². The standard InChI is InChI=1S/C22H29N3O5/c1-21(2,3)17(26)12-23-18(27)13-25-11-10-22(9-8-19(25)28)14-24-20(29)15-6-4-5-7-16(15)30-22/h4-7H,8-14H2,1-3H3,(H,23,27)(H,24,29). The number of amides is 3. The molecule has 0 radical (unpaired) electrons. The fourth-order valence-corrected chi connectivity index (χ4v) is 3.55. The van der Waals surface area contributed by atoms with Crippen LogP contribution in [0.25, 0.3) is 0 Å². The van der Waals surface area contributed by atoms with E-state index in [1.54, 1.807) is 39.0 Å². The van der Waals surface area contributed by atoms with E-state index in [1.165, 1.54) is 4.90 Å². The summed E-state index contributed by atoms with van der Waals surface area (Å²) in [6, 6.07) is 7.05. The Kier molecular flexibility index (Phi) is 6.14. The number of hydrogen-bond acceptors (Lipinski definition) is 5. The van der Waals surface area contributed by atoms with E-state index in [4.69, 9.17) is 4.74 Å². The molecule has 1 unspecified atom stereocenters. The molecular formula is C22H29N3O5. The molecule has 0 saturated carbocycles. The van der Waals surface area contributed by atoms with Gasteiger partial charge in [-0.1, -0.05) is 32.9 Å². The number of hydrogen-bond donors (Lipinski definition) is 2. The molecule has 2 N–H and O–H groups in total. The summed E-state index contributed by atoms with van der Waals surface area (Å²) in [7, 11) is 0. The third-order valence-corrected chi connectivity index (χ3v) is 5.63. The number of fused-ring (bicyclic) bond motifs is 1. The molecule has 1 atom stereocenters. The van der Waals surface area contributed by atoms with Crippen molar-refractivity contribution >= 4 is 23.5 Å². The number of nitrogens with one attached hydrogen (secondary N) is 2. The van der Waals surface area contributed by atoms with E-state index in [0.29, 0.717) is 37.2 Å². The first kappa shape index (κ1) is 21.8. The average molecular weight is 415 g/mol. The topological polar surface area (TPSA) is 105 Å². The zero-order chi connectivity index (χ0) is 21.9. The van der Waals surface area contributed by atoms with Crippen LogP contribution < -0.4 is 15.4 Å². The summed E-state index contributed by atoms with van der Waals surface area (Å²) in [5, 5.41) is 5.50. The molecule has 1 saturated heterocycles. The number of ketones is 1. The zero-order valence-corrected chi connectivity index (χ0v) is 17.7. The molecule has 0 aliphatic carbocycles. The number of nitrogens with zero attached hydrogens (tertiary/aromatic N) is 1. The molecule has 0 aromatic heterocycles. The molecule has 8 heteroatoms. The van der Waals surface area contributed by atoms with Crippen molar-refractivity contribution in [1.29, 1.82) is 0 Å². The normalized spacial score (nSPS) is 21.8. The number of benzene rings is 1. The highest BCUT2D eigenvalue weighted by Gasteiger charge is 2.40. The Morgan fingerprint density at radius 2 is 1.93 bits per heavy atom. The van der Waals surface area contributed by atoms with Crippen molar-refractivity contribution in [1.82, 2.24) is 15.5 Å². The van der Waals surface area contributed by atoms with Crippen molar-refractivity contribution < 1.29 is 23.9 Å². The van der Waals surface area contributed by atoms with Gasteiger partial charge in [0.15, 0.2) is 5.78 Å². The lowest BCUT2D eigenvalue weighted by atomic mass is 9.91. The second-order valence-corrected chi connectivity index (χ2v) is 8.98. The van der Waals surface area contributed by atoms with Crippen molar-refractivity contribution in [3.8, 4) is 5.75 Å². The van der Waals surface area contributed by atoms with Crippen LogP contribution in [0.2, 0.25) is 0 Å². The number of ether oxygens (including phenoxy) is 1. The Bertz CT molecular complexity index is 861. The second-order valence-electron chi connectivity index (χ2n) is 8.98. The minimum atomic E-state index is -0.703. The maximum absolute atomic E-state index is 12.6. The minimum absolute atomic E-state index is 0.0553.